The minimum atomic E-state index is -0.599. The maximum atomic E-state index is 10.3. The third-order valence-corrected chi connectivity index (χ3v) is 3.21. The number of aliphatic hydroxyl groups excluding tert-OH is 1. The van der Waals surface area contributed by atoms with E-state index in [9.17, 15) is 5.11 Å². The number of hydrogen-bond donors (Lipinski definition) is 1. The van der Waals surface area contributed by atoms with E-state index in [1.54, 1.807) is 0 Å². The van der Waals surface area contributed by atoms with Gasteiger partial charge in [-0.2, -0.15) is 0 Å². The first-order valence-electron chi connectivity index (χ1n) is 6.45. The molecule has 1 N–H and O–H groups in total. The predicted molar refractivity (Wildman–Crippen MR) is 72.7 cm³/mol. The van der Waals surface area contributed by atoms with Crippen LogP contribution in [0.25, 0.3) is 0 Å². The molecule has 0 aliphatic rings. The molecule has 0 saturated heterocycles. The van der Waals surface area contributed by atoms with Gasteiger partial charge in [-0.25, -0.2) is 0 Å². The van der Waals surface area contributed by atoms with Gasteiger partial charge in [-0.05, 0) is 37.5 Å². The Bertz CT molecular complexity index is 508. The Balaban J connectivity index is 2.23. The molecule has 1 aromatic carbocycles. The van der Waals surface area contributed by atoms with Crippen LogP contribution in [-0.2, 0) is 6.42 Å². The molecule has 0 spiro atoms. The zero-order valence-electron chi connectivity index (χ0n) is 11.2. The van der Waals surface area contributed by atoms with E-state index in [-0.39, 0.29) is 0 Å². The number of rotatable bonds is 4. The number of furan rings is 1. The fourth-order valence-electron chi connectivity index (χ4n) is 2.26. The van der Waals surface area contributed by atoms with E-state index in [1.807, 2.05) is 32.0 Å². The van der Waals surface area contributed by atoms with Crippen LogP contribution in [0.3, 0.4) is 0 Å². The summed E-state index contributed by atoms with van der Waals surface area (Å²) in [6, 6.07) is 10.1. The number of aliphatic hydroxyl groups is 1. The van der Waals surface area contributed by atoms with Crippen LogP contribution in [0, 0.1) is 13.8 Å². The fourth-order valence-corrected chi connectivity index (χ4v) is 2.26. The molecule has 2 heteroatoms. The highest BCUT2D eigenvalue weighted by Crippen LogP contribution is 2.27. The van der Waals surface area contributed by atoms with E-state index < -0.39 is 6.10 Å². The molecule has 0 aliphatic heterocycles. The molecule has 1 heterocycles. The van der Waals surface area contributed by atoms with Crippen molar-refractivity contribution in [3.05, 3.63) is 58.5 Å². The maximum absolute atomic E-state index is 10.3. The minimum absolute atomic E-state index is 0.599. The lowest BCUT2D eigenvalue weighted by Crippen LogP contribution is -2.00. The Morgan fingerprint density at radius 2 is 1.83 bits per heavy atom. The smallest absolute Gasteiger partial charge is 0.107 e. The van der Waals surface area contributed by atoms with E-state index in [1.165, 1.54) is 5.56 Å². The average Bonchev–Trinajstić information content (AvgIpc) is 2.69. The number of aryl methyl sites for hydroxylation is 3. The van der Waals surface area contributed by atoms with Crippen molar-refractivity contribution < 1.29 is 9.52 Å². The van der Waals surface area contributed by atoms with E-state index in [2.05, 4.69) is 19.1 Å². The van der Waals surface area contributed by atoms with Gasteiger partial charge in [-0.3, -0.25) is 0 Å². The van der Waals surface area contributed by atoms with Crippen LogP contribution < -0.4 is 0 Å². The summed E-state index contributed by atoms with van der Waals surface area (Å²) in [6.45, 7) is 5.95. The monoisotopic (exact) mass is 244 g/mol. The van der Waals surface area contributed by atoms with Crippen LogP contribution in [0.5, 0.6) is 0 Å². The van der Waals surface area contributed by atoms with Crippen LogP contribution in [0.1, 0.15) is 47.7 Å². The largest absolute Gasteiger partial charge is 0.466 e. The molecule has 18 heavy (non-hydrogen) atoms. The highest BCUT2D eigenvalue weighted by atomic mass is 16.3. The summed E-state index contributed by atoms with van der Waals surface area (Å²) >= 11 is 0. The summed E-state index contributed by atoms with van der Waals surface area (Å²) in [4.78, 5) is 0. The molecule has 2 aromatic rings. The van der Waals surface area contributed by atoms with Crippen molar-refractivity contribution in [2.75, 3.05) is 0 Å². The van der Waals surface area contributed by atoms with Crippen LogP contribution in [-0.4, -0.2) is 5.11 Å². The Morgan fingerprint density at radius 1 is 1.17 bits per heavy atom. The highest BCUT2D eigenvalue weighted by molar-refractivity contribution is 5.34. The quantitative estimate of drug-likeness (QED) is 0.884. The summed E-state index contributed by atoms with van der Waals surface area (Å²) in [5.74, 6) is 1.63. The molecule has 0 aliphatic carbocycles. The SMILES string of the molecule is CCCc1ccc(C(O)c2cc(C)oc2C)cc1. The summed E-state index contributed by atoms with van der Waals surface area (Å²) in [5, 5.41) is 10.3. The molecule has 0 radical (unpaired) electrons. The molecule has 2 rings (SSSR count). The second-order valence-electron chi connectivity index (χ2n) is 4.76. The first-order valence-corrected chi connectivity index (χ1v) is 6.45. The molecule has 0 saturated carbocycles. The molecular weight excluding hydrogens is 224 g/mol. The standard InChI is InChI=1S/C16H20O2/c1-4-5-13-6-8-14(9-7-13)16(17)15-10-11(2)18-12(15)3/h6-10,16-17H,4-5H2,1-3H3. The summed E-state index contributed by atoms with van der Waals surface area (Å²) in [5.41, 5.74) is 3.09. The summed E-state index contributed by atoms with van der Waals surface area (Å²) in [6.07, 6.45) is 1.63. The Kier molecular flexibility index (Phi) is 3.87. The van der Waals surface area contributed by atoms with E-state index in [4.69, 9.17) is 4.42 Å². The van der Waals surface area contributed by atoms with Gasteiger partial charge in [0.05, 0.1) is 0 Å². The molecule has 0 bridgehead atoms. The van der Waals surface area contributed by atoms with Crippen molar-refractivity contribution >= 4 is 0 Å². The lowest BCUT2D eigenvalue weighted by atomic mass is 9.99. The first-order chi connectivity index (χ1) is 8.61. The highest BCUT2D eigenvalue weighted by Gasteiger charge is 2.16. The number of hydrogen-bond acceptors (Lipinski definition) is 2. The van der Waals surface area contributed by atoms with Gasteiger partial charge in [-0.15, -0.1) is 0 Å². The fraction of sp³-hybridized carbons (Fsp3) is 0.375. The third-order valence-electron chi connectivity index (χ3n) is 3.21. The first kappa shape index (κ1) is 12.9. The van der Waals surface area contributed by atoms with Gasteiger partial charge in [0.2, 0.25) is 0 Å². The van der Waals surface area contributed by atoms with Crippen molar-refractivity contribution in [3.8, 4) is 0 Å². The van der Waals surface area contributed by atoms with Crippen LogP contribution in [0.4, 0.5) is 0 Å². The molecule has 1 atom stereocenters. The molecule has 0 fully saturated rings. The lowest BCUT2D eigenvalue weighted by molar-refractivity contribution is 0.218. The Labute approximate surface area is 108 Å². The zero-order valence-corrected chi connectivity index (χ0v) is 11.2. The zero-order chi connectivity index (χ0) is 13.1. The molecular formula is C16H20O2. The van der Waals surface area contributed by atoms with Gasteiger partial charge in [0.15, 0.2) is 0 Å². The lowest BCUT2D eigenvalue weighted by Gasteiger charge is -2.10. The minimum Gasteiger partial charge on any atom is -0.466 e. The van der Waals surface area contributed by atoms with Crippen molar-refractivity contribution in [2.24, 2.45) is 0 Å². The van der Waals surface area contributed by atoms with Crippen molar-refractivity contribution in [1.82, 2.24) is 0 Å². The molecule has 1 aromatic heterocycles. The van der Waals surface area contributed by atoms with Gasteiger partial charge in [0.25, 0.3) is 0 Å². The van der Waals surface area contributed by atoms with Gasteiger partial charge >= 0.3 is 0 Å². The maximum Gasteiger partial charge on any atom is 0.107 e. The molecule has 0 amide bonds. The summed E-state index contributed by atoms with van der Waals surface area (Å²) < 4.78 is 5.46. The molecule has 2 nitrogen and oxygen atoms in total. The Hall–Kier alpha value is -1.54. The topological polar surface area (TPSA) is 33.4 Å². The number of benzene rings is 1. The van der Waals surface area contributed by atoms with Crippen LogP contribution in [0.2, 0.25) is 0 Å². The van der Waals surface area contributed by atoms with E-state index in [0.717, 1.165) is 35.5 Å². The normalized spacial score (nSPS) is 12.7. The average molecular weight is 244 g/mol. The second-order valence-corrected chi connectivity index (χ2v) is 4.76. The van der Waals surface area contributed by atoms with Crippen molar-refractivity contribution in [3.63, 3.8) is 0 Å². The van der Waals surface area contributed by atoms with Crippen molar-refractivity contribution in [2.45, 2.75) is 39.7 Å². The van der Waals surface area contributed by atoms with E-state index in [0.29, 0.717) is 0 Å². The van der Waals surface area contributed by atoms with Crippen LogP contribution >= 0.6 is 0 Å². The third kappa shape index (κ3) is 2.65. The van der Waals surface area contributed by atoms with E-state index >= 15 is 0 Å². The molecule has 1 unspecified atom stereocenters. The van der Waals surface area contributed by atoms with Gasteiger partial charge in [-0.1, -0.05) is 37.6 Å². The van der Waals surface area contributed by atoms with Gasteiger partial charge < -0.3 is 9.52 Å². The summed E-state index contributed by atoms with van der Waals surface area (Å²) in [7, 11) is 0. The predicted octanol–water partition coefficient (Wildman–Crippen LogP) is 3.93. The molecule has 96 valence electrons. The van der Waals surface area contributed by atoms with Gasteiger partial charge in [0.1, 0.15) is 17.6 Å². The van der Waals surface area contributed by atoms with Crippen LogP contribution in [0.15, 0.2) is 34.7 Å². The Morgan fingerprint density at radius 3 is 2.33 bits per heavy atom. The second kappa shape index (κ2) is 5.40. The van der Waals surface area contributed by atoms with Crippen molar-refractivity contribution in [1.29, 1.82) is 0 Å². The van der Waals surface area contributed by atoms with Gasteiger partial charge in [0, 0.05) is 5.56 Å².